The summed E-state index contributed by atoms with van der Waals surface area (Å²) in [5.74, 6) is -1.28. The third-order valence-corrected chi connectivity index (χ3v) is 6.30. The maximum absolute atomic E-state index is 12.4. The SMILES string of the molecule is CC(CCCC(C)C(=O)N[C@@H](C)CC(=O)O)NC(=O)OCC1c2ccccc2-c2ccccc21. The van der Waals surface area contributed by atoms with Gasteiger partial charge in [0.15, 0.2) is 0 Å². The van der Waals surface area contributed by atoms with E-state index in [1.807, 2.05) is 38.1 Å². The van der Waals surface area contributed by atoms with Gasteiger partial charge < -0.3 is 20.5 Å². The summed E-state index contributed by atoms with van der Waals surface area (Å²) >= 11 is 0. The monoisotopic (exact) mass is 466 g/mol. The highest BCUT2D eigenvalue weighted by Gasteiger charge is 2.29. The number of carbonyl (C=O) groups excluding carboxylic acids is 2. The third kappa shape index (κ3) is 6.59. The van der Waals surface area contributed by atoms with Gasteiger partial charge in [0.1, 0.15) is 6.61 Å². The lowest BCUT2D eigenvalue weighted by Crippen LogP contribution is -2.37. The number of carboxylic acid groups (broad SMARTS) is 1. The summed E-state index contributed by atoms with van der Waals surface area (Å²) in [7, 11) is 0. The van der Waals surface area contributed by atoms with E-state index in [0.29, 0.717) is 12.8 Å². The fourth-order valence-electron chi connectivity index (χ4n) is 4.47. The van der Waals surface area contributed by atoms with Crippen LogP contribution in [0.2, 0.25) is 0 Å². The molecule has 2 aromatic rings. The van der Waals surface area contributed by atoms with Crippen LogP contribution < -0.4 is 10.6 Å². The van der Waals surface area contributed by atoms with Crippen molar-refractivity contribution in [3.63, 3.8) is 0 Å². The van der Waals surface area contributed by atoms with Crippen LogP contribution in [0.3, 0.4) is 0 Å². The van der Waals surface area contributed by atoms with E-state index in [2.05, 4.69) is 34.9 Å². The predicted octanol–water partition coefficient (Wildman–Crippen LogP) is 4.70. The van der Waals surface area contributed by atoms with Crippen LogP contribution in [-0.2, 0) is 14.3 Å². The molecule has 2 unspecified atom stereocenters. The molecule has 34 heavy (non-hydrogen) atoms. The Morgan fingerprint density at radius 3 is 2.06 bits per heavy atom. The Bertz CT molecular complexity index is 976. The van der Waals surface area contributed by atoms with Gasteiger partial charge in [-0.1, -0.05) is 61.9 Å². The summed E-state index contributed by atoms with van der Waals surface area (Å²) in [5.41, 5.74) is 4.73. The molecule has 0 aromatic heterocycles. The number of aliphatic carboxylic acids is 1. The first-order valence-electron chi connectivity index (χ1n) is 11.9. The minimum absolute atomic E-state index is 0.0244. The van der Waals surface area contributed by atoms with E-state index in [4.69, 9.17) is 9.84 Å². The number of alkyl carbamates (subject to hydrolysis) is 1. The Morgan fingerprint density at radius 2 is 1.47 bits per heavy atom. The molecule has 0 radical (unpaired) electrons. The van der Waals surface area contributed by atoms with Gasteiger partial charge in [-0.15, -0.1) is 0 Å². The molecule has 1 aliphatic rings. The first kappa shape index (κ1) is 25.3. The molecule has 1 aliphatic carbocycles. The number of carboxylic acids is 1. The molecule has 2 aromatic carbocycles. The number of amides is 2. The molecular weight excluding hydrogens is 432 g/mol. The maximum atomic E-state index is 12.4. The van der Waals surface area contributed by atoms with E-state index in [1.54, 1.807) is 6.92 Å². The van der Waals surface area contributed by atoms with Crippen LogP contribution in [0.15, 0.2) is 48.5 Å². The number of carbonyl (C=O) groups is 3. The largest absolute Gasteiger partial charge is 0.481 e. The molecule has 0 spiro atoms. The van der Waals surface area contributed by atoms with Gasteiger partial charge in [0, 0.05) is 23.9 Å². The number of hydrogen-bond donors (Lipinski definition) is 3. The molecule has 2 amide bonds. The minimum atomic E-state index is -0.936. The number of hydrogen-bond acceptors (Lipinski definition) is 4. The van der Waals surface area contributed by atoms with Crippen molar-refractivity contribution in [2.45, 2.75) is 64.5 Å². The van der Waals surface area contributed by atoms with E-state index >= 15 is 0 Å². The first-order chi connectivity index (χ1) is 16.3. The van der Waals surface area contributed by atoms with Crippen LogP contribution >= 0.6 is 0 Å². The quantitative estimate of drug-likeness (QED) is 0.445. The highest BCUT2D eigenvalue weighted by atomic mass is 16.5. The van der Waals surface area contributed by atoms with Crippen LogP contribution in [-0.4, -0.2) is 41.8 Å². The molecule has 0 aliphatic heterocycles. The smallest absolute Gasteiger partial charge is 0.407 e. The molecule has 3 rings (SSSR count). The standard InChI is InChI=1S/C27H34N2O5/c1-17(26(32)28-19(3)15-25(30)31)9-8-10-18(2)29-27(33)34-16-24-22-13-6-4-11-20(22)21-12-5-7-14-23(21)24/h4-7,11-14,17-19,24H,8-10,15-16H2,1-3H3,(H,28,32)(H,29,33)(H,30,31)/t17?,18?,19-/m0/s1. The van der Waals surface area contributed by atoms with Crippen molar-refractivity contribution in [1.82, 2.24) is 10.6 Å². The maximum Gasteiger partial charge on any atom is 0.407 e. The van der Waals surface area contributed by atoms with Gasteiger partial charge in [-0.25, -0.2) is 4.79 Å². The summed E-state index contributed by atoms with van der Waals surface area (Å²) in [6.45, 7) is 5.70. The molecular formula is C27H34N2O5. The zero-order valence-corrected chi connectivity index (χ0v) is 20.0. The van der Waals surface area contributed by atoms with Crippen molar-refractivity contribution in [3.8, 4) is 11.1 Å². The van der Waals surface area contributed by atoms with E-state index in [0.717, 1.165) is 6.42 Å². The van der Waals surface area contributed by atoms with Crippen LogP contribution in [0.4, 0.5) is 4.79 Å². The van der Waals surface area contributed by atoms with E-state index in [1.165, 1.54) is 22.3 Å². The minimum Gasteiger partial charge on any atom is -0.481 e. The van der Waals surface area contributed by atoms with Gasteiger partial charge in [0.05, 0.1) is 6.42 Å². The van der Waals surface area contributed by atoms with Gasteiger partial charge in [0.25, 0.3) is 0 Å². The van der Waals surface area contributed by atoms with Crippen molar-refractivity contribution in [2.24, 2.45) is 5.92 Å². The van der Waals surface area contributed by atoms with Gasteiger partial charge in [-0.05, 0) is 48.9 Å². The second kappa shape index (κ2) is 11.7. The van der Waals surface area contributed by atoms with Gasteiger partial charge in [0.2, 0.25) is 5.91 Å². The second-order valence-corrected chi connectivity index (χ2v) is 9.21. The number of benzene rings is 2. The molecule has 7 heteroatoms. The van der Waals surface area contributed by atoms with Gasteiger partial charge >= 0.3 is 12.1 Å². The highest BCUT2D eigenvalue weighted by molar-refractivity contribution is 5.80. The normalized spacial score (nSPS) is 14.9. The lowest BCUT2D eigenvalue weighted by Gasteiger charge is -2.19. The van der Waals surface area contributed by atoms with E-state index < -0.39 is 18.1 Å². The fourth-order valence-corrected chi connectivity index (χ4v) is 4.47. The van der Waals surface area contributed by atoms with Crippen LogP contribution in [0.5, 0.6) is 0 Å². The van der Waals surface area contributed by atoms with Crippen molar-refractivity contribution in [2.75, 3.05) is 6.61 Å². The molecule has 0 saturated heterocycles. The Labute approximate surface area is 200 Å². The van der Waals surface area contributed by atoms with Crippen LogP contribution in [0, 0.1) is 5.92 Å². The molecule has 0 heterocycles. The van der Waals surface area contributed by atoms with Crippen LogP contribution in [0.1, 0.15) is 63.5 Å². The van der Waals surface area contributed by atoms with Gasteiger partial charge in [-0.2, -0.15) is 0 Å². The molecule has 0 bridgehead atoms. The average molecular weight is 467 g/mol. The summed E-state index contributed by atoms with van der Waals surface area (Å²) in [6.07, 6.45) is 1.59. The lowest BCUT2D eigenvalue weighted by molar-refractivity contribution is -0.137. The topological polar surface area (TPSA) is 105 Å². The van der Waals surface area contributed by atoms with E-state index in [-0.39, 0.29) is 36.8 Å². The summed E-state index contributed by atoms with van der Waals surface area (Å²) < 4.78 is 5.59. The average Bonchev–Trinajstić information content (AvgIpc) is 3.10. The predicted molar refractivity (Wildman–Crippen MR) is 131 cm³/mol. The Morgan fingerprint density at radius 1 is 0.882 bits per heavy atom. The molecule has 0 saturated carbocycles. The Kier molecular flexibility index (Phi) is 8.68. The third-order valence-electron chi connectivity index (χ3n) is 6.30. The zero-order valence-electron chi connectivity index (χ0n) is 20.0. The van der Waals surface area contributed by atoms with E-state index in [9.17, 15) is 14.4 Å². The zero-order chi connectivity index (χ0) is 24.7. The van der Waals surface area contributed by atoms with Crippen molar-refractivity contribution < 1.29 is 24.2 Å². The summed E-state index contributed by atoms with van der Waals surface area (Å²) in [5, 5.41) is 14.4. The summed E-state index contributed by atoms with van der Waals surface area (Å²) in [6, 6.07) is 15.9. The Hall–Kier alpha value is -3.35. The highest BCUT2D eigenvalue weighted by Crippen LogP contribution is 2.44. The van der Waals surface area contributed by atoms with Crippen molar-refractivity contribution in [3.05, 3.63) is 59.7 Å². The number of rotatable bonds is 11. The molecule has 3 atom stereocenters. The molecule has 182 valence electrons. The molecule has 0 fully saturated rings. The number of fused-ring (bicyclic) bond motifs is 3. The fraction of sp³-hybridized carbons (Fsp3) is 0.444. The Balaban J connectivity index is 1.40. The molecule has 7 nitrogen and oxygen atoms in total. The van der Waals surface area contributed by atoms with Crippen molar-refractivity contribution in [1.29, 1.82) is 0 Å². The molecule has 3 N–H and O–H groups in total. The summed E-state index contributed by atoms with van der Waals surface area (Å²) in [4.78, 5) is 35.3. The second-order valence-electron chi connectivity index (χ2n) is 9.21. The number of ether oxygens (including phenoxy) is 1. The number of nitrogens with one attached hydrogen (secondary N) is 2. The van der Waals surface area contributed by atoms with Crippen molar-refractivity contribution >= 4 is 18.0 Å². The first-order valence-corrected chi connectivity index (χ1v) is 11.9. The van der Waals surface area contributed by atoms with Crippen LogP contribution in [0.25, 0.3) is 11.1 Å². The lowest BCUT2D eigenvalue weighted by atomic mass is 9.98. The van der Waals surface area contributed by atoms with Gasteiger partial charge in [-0.3, -0.25) is 9.59 Å².